The molecule has 2 aliphatic heterocycles. The number of nitrogens with one attached hydrogen (secondary N) is 1. The van der Waals surface area contributed by atoms with Gasteiger partial charge in [-0.1, -0.05) is 40.6 Å². The van der Waals surface area contributed by atoms with Gasteiger partial charge in [-0.25, -0.2) is 18.9 Å². The van der Waals surface area contributed by atoms with E-state index in [-0.39, 0.29) is 51.6 Å². The van der Waals surface area contributed by atoms with E-state index in [9.17, 15) is 18.4 Å². The first-order valence-corrected chi connectivity index (χ1v) is 13.0. The van der Waals surface area contributed by atoms with Crippen LogP contribution in [0.1, 0.15) is 12.8 Å². The van der Waals surface area contributed by atoms with Crippen LogP contribution in [0.3, 0.4) is 0 Å². The summed E-state index contributed by atoms with van der Waals surface area (Å²) in [5.74, 6) is -0.908. The SMILES string of the molecule is Cl.O=C(NO)C1(S(=O)(=O)N2CCN(c3ncc(-c4ccc(Cl)c(Cl)c4)s3)CC2)CCOCC1. The molecule has 2 fully saturated rings. The first-order valence-electron chi connectivity index (χ1n) is 9.97. The molecule has 14 heteroatoms. The van der Waals surface area contributed by atoms with Gasteiger partial charge in [0.2, 0.25) is 10.0 Å². The molecule has 0 spiro atoms. The molecule has 1 aromatic carbocycles. The number of rotatable bonds is 5. The zero-order valence-electron chi connectivity index (χ0n) is 17.4. The van der Waals surface area contributed by atoms with E-state index in [4.69, 9.17) is 27.9 Å². The minimum absolute atomic E-state index is 0. The number of aromatic nitrogens is 1. The average molecular weight is 558 g/mol. The van der Waals surface area contributed by atoms with Crippen molar-refractivity contribution >= 4 is 68.0 Å². The fraction of sp³-hybridized carbons (Fsp3) is 0.474. The summed E-state index contributed by atoms with van der Waals surface area (Å²) in [6.45, 7) is 1.57. The molecule has 4 rings (SSSR count). The summed E-state index contributed by atoms with van der Waals surface area (Å²) >= 11 is 13.6. The van der Waals surface area contributed by atoms with Gasteiger partial charge in [-0.3, -0.25) is 10.0 Å². The number of carbonyl (C=O) groups is 1. The molecule has 9 nitrogen and oxygen atoms in total. The summed E-state index contributed by atoms with van der Waals surface area (Å²) in [5, 5.41) is 10.9. The number of anilines is 1. The Morgan fingerprint density at radius 2 is 1.82 bits per heavy atom. The van der Waals surface area contributed by atoms with Gasteiger partial charge in [-0.05, 0) is 17.7 Å². The molecule has 0 saturated carbocycles. The van der Waals surface area contributed by atoms with Crippen LogP contribution >= 0.6 is 46.9 Å². The van der Waals surface area contributed by atoms with Gasteiger partial charge in [-0.15, -0.1) is 12.4 Å². The smallest absolute Gasteiger partial charge is 0.266 e. The number of nitrogens with zero attached hydrogens (tertiary/aromatic N) is 3. The minimum atomic E-state index is -4.00. The number of carbonyl (C=O) groups excluding carboxylic acids is 1. The van der Waals surface area contributed by atoms with E-state index < -0.39 is 20.7 Å². The highest BCUT2D eigenvalue weighted by atomic mass is 35.5. The van der Waals surface area contributed by atoms with Gasteiger partial charge >= 0.3 is 0 Å². The zero-order chi connectivity index (χ0) is 22.9. The van der Waals surface area contributed by atoms with E-state index in [0.29, 0.717) is 23.1 Å². The van der Waals surface area contributed by atoms with Crippen LogP contribution in [0.4, 0.5) is 5.13 Å². The van der Waals surface area contributed by atoms with Crippen molar-refractivity contribution in [3.63, 3.8) is 0 Å². The highest BCUT2D eigenvalue weighted by molar-refractivity contribution is 7.91. The summed E-state index contributed by atoms with van der Waals surface area (Å²) in [6.07, 6.45) is 1.76. The molecule has 2 N–H and O–H groups in total. The maximum atomic E-state index is 13.4. The van der Waals surface area contributed by atoms with Crippen molar-refractivity contribution in [1.82, 2.24) is 14.8 Å². The lowest BCUT2D eigenvalue weighted by molar-refractivity contribution is -0.134. The van der Waals surface area contributed by atoms with Gasteiger partial charge in [0.1, 0.15) is 0 Å². The molecule has 2 saturated heterocycles. The number of amides is 1. The zero-order valence-corrected chi connectivity index (χ0v) is 21.3. The number of sulfonamides is 1. The van der Waals surface area contributed by atoms with Gasteiger partial charge in [0, 0.05) is 58.4 Å². The third-order valence-corrected chi connectivity index (χ3v) is 10.3. The molecule has 0 unspecified atom stereocenters. The maximum Gasteiger partial charge on any atom is 0.266 e. The van der Waals surface area contributed by atoms with Gasteiger partial charge in [0.05, 0.1) is 14.9 Å². The third-order valence-electron chi connectivity index (χ3n) is 5.86. The van der Waals surface area contributed by atoms with Gasteiger partial charge in [-0.2, -0.15) is 4.31 Å². The normalized spacial score (nSPS) is 19.1. The van der Waals surface area contributed by atoms with Crippen molar-refractivity contribution in [3.05, 3.63) is 34.4 Å². The summed E-state index contributed by atoms with van der Waals surface area (Å²) in [4.78, 5) is 19.8. The largest absolute Gasteiger partial charge is 0.381 e. The molecule has 33 heavy (non-hydrogen) atoms. The number of halogens is 3. The topological polar surface area (TPSA) is 112 Å². The van der Waals surface area contributed by atoms with Crippen molar-refractivity contribution in [3.8, 4) is 10.4 Å². The Balaban J connectivity index is 0.00000306. The van der Waals surface area contributed by atoms with E-state index in [1.807, 2.05) is 11.0 Å². The standard InChI is InChI=1S/C19H22Cl2N4O5S2.ClH/c20-14-2-1-13(11-15(14)21)16-12-22-18(31-16)24-5-7-25(8-6-24)32(28,29)19(17(26)23-27)3-9-30-10-4-19;/h1-2,11-12,27H,3-10H2,(H,23,26);1H. The minimum Gasteiger partial charge on any atom is -0.381 e. The van der Waals surface area contributed by atoms with E-state index in [2.05, 4.69) is 4.98 Å². The average Bonchev–Trinajstić information content (AvgIpc) is 3.31. The Kier molecular flexibility index (Phi) is 8.50. The molecular formula is C19H23Cl3N4O5S2. The first kappa shape index (κ1) is 26.4. The number of thiazole rings is 1. The van der Waals surface area contributed by atoms with Crippen molar-refractivity contribution in [1.29, 1.82) is 0 Å². The monoisotopic (exact) mass is 556 g/mol. The molecule has 0 radical (unpaired) electrons. The molecule has 2 aliphatic rings. The van der Waals surface area contributed by atoms with Crippen molar-refractivity contribution < 1.29 is 23.2 Å². The van der Waals surface area contributed by atoms with Gasteiger partial charge < -0.3 is 9.64 Å². The van der Waals surface area contributed by atoms with E-state index in [1.165, 1.54) is 15.6 Å². The Labute approximate surface area is 212 Å². The summed E-state index contributed by atoms with van der Waals surface area (Å²) in [6, 6.07) is 5.39. The highest BCUT2D eigenvalue weighted by Crippen LogP contribution is 2.36. The van der Waals surface area contributed by atoms with Crippen LogP contribution in [0.25, 0.3) is 10.4 Å². The molecule has 0 aliphatic carbocycles. The van der Waals surface area contributed by atoms with Crippen LogP contribution in [0.15, 0.2) is 24.4 Å². The predicted octanol–water partition coefficient (Wildman–Crippen LogP) is 3.05. The van der Waals surface area contributed by atoms with E-state index in [0.717, 1.165) is 15.6 Å². The lowest BCUT2D eigenvalue weighted by atomic mass is 9.98. The highest BCUT2D eigenvalue weighted by Gasteiger charge is 2.54. The molecule has 1 amide bonds. The Morgan fingerprint density at radius 3 is 2.42 bits per heavy atom. The number of benzene rings is 1. The summed E-state index contributed by atoms with van der Waals surface area (Å²) < 4.78 is 31.7. The van der Waals surface area contributed by atoms with Crippen LogP contribution in [0, 0.1) is 0 Å². The van der Waals surface area contributed by atoms with Crippen molar-refractivity contribution in [2.75, 3.05) is 44.3 Å². The van der Waals surface area contributed by atoms with Crippen LogP contribution in [0.2, 0.25) is 10.0 Å². The molecule has 1 aromatic heterocycles. The summed E-state index contributed by atoms with van der Waals surface area (Å²) in [7, 11) is -4.00. The van der Waals surface area contributed by atoms with Crippen LogP contribution in [-0.4, -0.2) is 73.0 Å². The fourth-order valence-electron chi connectivity index (χ4n) is 3.97. The predicted molar refractivity (Wildman–Crippen MR) is 130 cm³/mol. The van der Waals surface area contributed by atoms with Gasteiger partial charge in [0.25, 0.3) is 5.91 Å². The Bertz CT molecular complexity index is 1100. The van der Waals surface area contributed by atoms with Crippen molar-refractivity contribution in [2.45, 2.75) is 17.6 Å². The summed E-state index contributed by atoms with van der Waals surface area (Å²) in [5.41, 5.74) is 2.45. The van der Waals surface area contributed by atoms with E-state index >= 15 is 0 Å². The van der Waals surface area contributed by atoms with Crippen LogP contribution in [0.5, 0.6) is 0 Å². The molecule has 2 aromatic rings. The van der Waals surface area contributed by atoms with E-state index in [1.54, 1.807) is 23.8 Å². The second-order valence-electron chi connectivity index (χ2n) is 7.57. The maximum absolute atomic E-state index is 13.4. The first-order chi connectivity index (χ1) is 15.3. The quantitative estimate of drug-likeness (QED) is 0.429. The number of piperazine rings is 1. The molecular weight excluding hydrogens is 535 g/mol. The van der Waals surface area contributed by atoms with Crippen molar-refractivity contribution in [2.24, 2.45) is 0 Å². The lowest BCUT2D eigenvalue weighted by Crippen LogP contribution is -2.62. The van der Waals surface area contributed by atoms with Crippen LogP contribution in [-0.2, 0) is 19.6 Å². The number of hydrogen-bond acceptors (Lipinski definition) is 8. The molecule has 0 atom stereocenters. The van der Waals surface area contributed by atoms with Gasteiger partial charge in [0.15, 0.2) is 9.88 Å². The fourth-order valence-corrected chi connectivity index (χ4v) is 7.33. The second kappa shape index (κ2) is 10.6. The second-order valence-corrected chi connectivity index (χ2v) is 11.6. The van der Waals surface area contributed by atoms with Crippen LogP contribution < -0.4 is 10.4 Å². The Hall–Kier alpha value is -1.18. The lowest BCUT2D eigenvalue weighted by Gasteiger charge is -2.41. The molecule has 3 heterocycles. The third kappa shape index (κ3) is 4.96. The molecule has 182 valence electrons. The molecule has 0 bridgehead atoms. The number of hydrogen-bond donors (Lipinski definition) is 2. The Morgan fingerprint density at radius 1 is 1.15 bits per heavy atom. The number of hydroxylamine groups is 1. The number of ether oxygens (including phenoxy) is 1.